The molecule has 0 fully saturated rings. The third kappa shape index (κ3) is 2.45. The third-order valence-corrected chi connectivity index (χ3v) is 2.26. The first-order chi connectivity index (χ1) is 6.52. The van der Waals surface area contributed by atoms with E-state index in [0.29, 0.717) is 4.47 Å². The molecule has 0 spiro atoms. The Labute approximate surface area is 90.0 Å². The van der Waals surface area contributed by atoms with E-state index in [1.165, 1.54) is 11.0 Å². The number of nitrogens with one attached hydrogen (secondary N) is 1. The number of amides is 2. The molecule has 2 amide bonds. The number of anilines is 1. The van der Waals surface area contributed by atoms with Crippen molar-refractivity contribution in [2.45, 2.75) is 0 Å². The van der Waals surface area contributed by atoms with Crippen LogP contribution in [-0.2, 0) is 0 Å². The summed E-state index contributed by atoms with van der Waals surface area (Å²) in [4.78, 5) is 12.6. The Morgan fingerprint density at radius 3 is 2.64 bits per heavy atom. The molecule has 0 saturated heterocycles. The molecule has 76 valence electrons. The molecule has 1 N–H and O–H groups in total. The average Bonchev–Trinajstić information content (AvgIpc) is 2.11. The summed E-state index contributed by atoms with van der Waals surface area (Å²) in [6, 6.07) is 4.14. The van der Waals surface area contributed by atoms with Crippen LogP contribution in [0.3, 0.4) is 0 Å². The van der Waals surface area contributed by atoms with Crippen LogP contribution in [0, 0.1) is 5.82 Å². The minimum absolute atomic E-state index is 0.159. The van der Waals surface area contributed by atoms with E-state index in [1.54, 1.807) is 26.2 Å². The Morgan fingerprint density at radius 2 is 2.14 bits per heavy atom. The van der Waals surface area contributed by atoms with Crippen molar-refractivity contribution < 1.29 is 9.18 Å². The molecule has 0 bridgehead atoms. The Kier molecular flexibility index (Phi) is 3.46. The summed E-state index contributed by atoms with van der Waals surface area (Å²) in [5, 5.41) is 2.44. The number of carbonyl (C=O) groups is 1. The highest BCUT2D eigenvalue weighted by molar-refractivity contribution is 9.10. The molecule has 0 aliphatic rings. The van der Waals surface area contributed by atoms with Crippen LogP contribution in [0.5, 0.6) is 0 Å². The SMILES string of the molecule is CN(C)C(=O)Nc1c(F)cccc1Br. The van der Waals surface area contributed by atoms with Gasteiger partial charge in [0.25, 0.3) is 0 Å². The van der Waals surface area contributed by atoms with Gasteiger partial charge in [0.05, 0.1) is 5.69 Å². The monoisotopic (exact) mass is 260 g/mol. The van der Waals surface area contributed by atoms with Crippen LogP contribution in [-0.4, -0.2) is 25.0 Å². The van der Waals surface area contributed by atoms with E-state index in [1.807, 2.05) is 0 Å². The molecule has 3 nitrogen and oxygen atoms in total. The number of halogens is 2. The summed E-state index contributed by atoms with van der Waals surface area (Å²) in [6.07, 6.45) is 0. The molecule has 0 unspecified atom stereocenters. The zero-order valence-electron chi connectivity index (χ0n) is 7.84. The molecule has 0 aromatic heterocycles. The molecule has 5 heteroatoms. The number of urea groups is 1. The Bertz CT molecular complexity index is 334. The summed E-state index contributed by atoms with van der Waals surface area (Å²) < 4.78 is 13.7. The summed E-state index contributed by atoms with van der Waals surface area (Å²) in [7, 11) is 3.17. The van der Waals surface area contributed by atoms with Gasteiger partial charge in [-0.3, -0.25) is 0 Å². The summed E-state index contributed by atoms with van der Waals surface area (Å²) in [6.45, 7) is 0. The molecule has 1 rings (SSSR count). The lowest BCUT2D eigenvalue weighted by Gasteiger charge is -2.13. The summed E-state index contributed by atoms with van der Waals surface area (Å²) in [5.74, 6) is -0.463. The smallest absolute Gasteiger partial charge is 0.321 e. The predicted molar refractivity (Wildman–Crippen MR) is 56.8 cm³/mol. The van der Waals surface area contributed by atoms with Crippen molar-refractivity contribution >= 4 is 27.6 Å². The van der Waals surface area contributed by atoms with Gasteiger partial charge in [0.1, 0.15) is 5.82 Å². The highest BCUT2D eigenvalue weighted by Gasteiger charge is 2.10. The molecular weight excluding hydrogens is 251 g/mol. The van der Waals surface area contributed by atoms with Crippen molar-refractivity contribution in [3.05, 3.63) is 28.5 Å². The van der Waals surface area contributed by atoms with Gasteiger partial charge in [-0.15, -0.1) is 0 Å². The molecule has 1 aromatic rings. The second-order valence-electron chi connectivity index (χ2n) is 2.92. The lowest BCUT2D eigenvalue weighted by atomic mass is 10.3. The van der Waals surface area contributed by atoms with Crippen molar-refractivity contribution in [3.8, 4) is 0 Å². The van der Waals surface area contributed by atoms with Gasteiger partial charge >= 0.3 is 6.03 Å². The fraction of sp³-hybridized carbons (Fsp3) is 0.222. The minimum Gasteiger partial charge on any atom is -0.331 e. The highest BCUT2D eigenvalue weighted by atomic mass is 79.9. The number of para-hydroxylation sites is 1. The largest absolute Gasteiger partial charge is 0.331 e. The van der Waals surface area contributed by atoms with Gasteiger partial charge in [-0.05, 0) is 28.1 Å². The Balaban J connectivity index is 2.91. The minimum atomic E-state index is -0.463. The maximum Gasteiger partial charge on any atom is 0.321 e. The maximum atomic E-state index is 13.2. The number of hydrogen-bond donors (Lipinski definition) is 1. The standard InChI is InChI=1S/C9H10BrFN2O/c1-13(2)9(14)12-8-6(10)4-3-5-7(8)11/h3-5H,1-2H3,(H,12,14). The van der Waals surface area contributed by atoms with E-state index in [0.717, 1.165) is 0 Å². The van der Waals surface area contributed by atoms with Crippen molar-refractivity contribution in [1.29, 1.82) is 0 Å². The molecule has 0 aliphatic heterocycles. The first-order valence-corrected chi connectivity index (χ1v) is 4.74. The maximum absolute atomic E-state index is 13.2. The van der Waals surface area contributed by atoms with Crippen LogP contribution in [0.2, 0.25) is 0 Å². The number of rotatable bonds is 1. The fourth-order valence-electron chi connectivity index (χ4n) is 0.836. The van der Waals surface area contributed by atoms with Gasteiger partial charge in [0.15, 0.2) is 0 Å². The normalized spacial score (nSPS) is 9.71. The van der Waals surface area contributed by atoms with Gasteiger partial charge in [-0.25, -0.2) is 9.18 Å². The van der Waals surface area contributed by atoms with Crippen molar-refractivity contribution in [2.75, 3.05) is 19.4 Å². The van der Waals surface area contributed by atoms with Crippen LogP contribution in [0.1, 0.15) is 0 Å². The molecule has 0 saturated carbocycles. The number of hydrogen-bond acceptors (Lipinski definition) is 1. The van der Waals surface area contributed by atoms with Crippen LogP contribution in [0.4, 0.5) is 14.9 Å². The summed E-state index contributed by atoms with van der Waals surface area (Å²) in [5.41, 5.74) is 0.159. The van der Waals surface area contributed by atoms with E-state index in [4.69, 9.17) is 0 Å². The number of carbonyl (C=O) groups excluding carboxylic acids is 1. The van der Waals surface area contributed by atoms with Gasteiger partial charge in [-0.1, -0.05) is 6.07 Å². The van der Waals surface area contributed by atoms with E-state index in [9.17, 15) is 9.18 Å². The van der Waals surface area contributed by atoms with Crippen molar-refractivity contribution in [3.63, 3.8) is 0 Å². The molecule has 0 aliphatic carbocycles. The topological polar surface area (TPSA) is 32.3 Å². The van der Waals surface area contributed by atoms with Crippen LogP contribution < -0.4 is 5.32 Å². The van der Waals surface area contributed by atoms with E-state index in [-0.39, 0.29) is 11.7 Å². The van der Waals surface area contributed by atoms with E-state index in [2.05, 4.69) is 21.2 Å². The van der Waals surface area contributed by atoms with Gasteiger partial charge in [0.2, 0.25) is 0 Å². The van der Waals surface area contributed by atoms with E-state index < -0.39 is 5.82 Å². The lowest BCUT2D eigenvalue weighted by Crippen LogP contribution is -2.27. The average molecular weight is 261 g/mol. The third-order valence-electron chi connectivity index (χ3n) is 1.60. The second kappa shape index (κ2) is 4.41. The Hall–Kier alpha value is -1.10. The molecule has 0 heterocycles. The second-order valence-corrected chi connectivity index (χ2v) is 3.78. The fourth-order valence-corrected chi connectivity index (χ4v) is 1.28. The van der Waals surface area contributed by atoms with Crippen molar-refractivity contribution in [2.24, 2.45) is 0 Å². The molecule has 14 heavy (non-hydrogen) atoms. The Morgan fingerprint density at radius 1 is 1.50 bits per heavy atom. The first-order valence-electron chi connectivity index (χ1n) is 3.94. The molecule has 1 aromatic carbocycles. The zero-order valence-corrected chi connectivity index (χ0v) is 9.43. The van der Waals surface area contributed by atoms with Crippen molar-refractivity contribution in [1.82, 2.24) is 4.90 Å². The van der Waals surface area contributed by atoms with E-state index >= 15 is 0 Å². The predicted octanol–water partition coefficient (Wildman–Crippen LogP) is 2.68. The van der Waals surface area contributed by atoms with Crippen LogP contribution >= 0.6 is 15.9 Å². The lowest BCUT2D eigenvalue weighted by molar-refractivity contribution is 0.230. The molecule has 0 radical (unpaired) electrons. The van der Waals surface area contributed by atoms with Gasteiger partial charge in [-0.2, -0.15) is 0 Å². The van der Waals surface area contributed by atoms with Gasteiger partial charge < -0.3 is 10.2 Å². The van der Waals surface area contributed by atoms with Crippen LogP contribution in [0.15, 0.2) is 22.7 Å². The van der Waals surface area contributed by atoms with Crippen LogP contribution in [0.25, 0.3) is 0 Å². The number of benzene rings is 1. The molecular formula is C9H10BrFN2O. The summed E-state index contributed by atoms with van der Waals surface area (Å²) >= 11 is 3.15. The number of nitrogens with zero attached hydrogens (tertiary/aromatic N) is 1. The highest BCUT2D eigenvalue weighted by Crippen LogP contribution is 2.25. The molecule has 0 atom stereocenters. The van der Waals surface area contributed by atoms with Gasteiger partial charge in [0, 0.05) is 18.6 Å². The quantitative estimate of drug-likeness (QED) is 0.828. The zero-order chi connectivity index (χ0) is 10.7. The first kappa shape index (κ1) is 11.0.